The Bertz CT molecular complexity index is 786. The summed E-state index contributed by atoms with van der Waals surface area (Å²) in [6.45, 7) is 4.38. The van der Waals surface area contributed by atoms with E-state index in [4.69, 9.17) is 4.74 Å². The minimum atomic E-state index is 0.231. The second-order valence-corrected chi connectivity index (χ2v) is 5.79. The Kier molecular flexibility index (Phi) is 4.58. The molecule has 3 rings (SSSR count). The molecule has 0 spiro atoms. The first-order valence-electron chi connectivity index (χ1n) is 7.92. The van der Waals surface area contributed by atoms with Crippen molar-refractivity contribution in [1.29, 1.82) is 0 Å². The van der Waals surface area contributed by atoms with Crippen LogP contribution in [0.1, 0.15) is 37.1 Å². The van der Waals surface area contributed by atoms with Gasteiger partial charge in [0.15, 0.2) is 0 Å². The van der Waals surface area contributed by atoms with Crippen molar-refractivity contribution in [3.8, 4) is 5.75 Å². The van der Waals surface area contributed by atoms with E-state index in [0.29, 0.717) is 0 Å². The fourth-order valence-electron chi connectivity index (χ4n) is 3.06. The zero-order valence-electron chi connectivity index (χ0n) is 13.8. The van der Waals surface area contributed by atoms with Crippen LogP contribution < -0.4 is 10.1 Å². The van der Waals surface area contributed by atoms with E-state index in [-0.39, 0.29) is 12.1 Å². The molecular weight excluding hydrogens is 284 g/mol. The number of nitrogens with one attached hydrogen (secondary N) is 1. The number of fused-ring (bicyclic) bond motifs is 1. The number of rotatable bonds is 5. The fourth-order valence-corrected chi connectivity index (χ4v) is 3.06. The molecule has 1 aromatic heterocycles. The molecule has 0 amide bonds. The topological polar surface area (TPSA) is 34.1 Å². The Labute approximate surface area is 137 Å². The van der Waals surface area contributed by atoms with Gasteiger partial charge < -0.3 is 10.1 Å². The molecule has 1 N–H and O–H groups in total. The standard InChI is InChI=1S/C20H22N2O/c1-14(16-10-12-21-13-11-16)22-15(2)17-8-9-20(23-3)19-7-5-4-6-18(17)19/h4-15,22H,1-3H3/t14-,15+/m1/s1. The maximum atomic E-state index is 5.49. The number of benzene rings is 2. The highest BCUT2D eigenvalue weighted by atomic mass is 16.5. The van der Waals surface area contributed by atoms with Gasteiger partial charge in [0.25, 0.3) is 0 Å². The molecule has 0 aliphatic heterocycles. The van der Waals surface area contributed by atoms with Crippen LogP contribution in [0.3, 0.4) is 0 Å². The van der Waals surface area contributed by atoms with Crippen LogP contribution in [0.25, 0.3) is 10.8 Å². The summed E-state index contributed by atoms with van der Waals surface area (Å²) in [5.74, 6) is 0.915. The molecule has 3 nitrogen and oxygen atoms in total. The number of aromatic nitrogens is 1. The highest BCUT2D eigenvalue weighted by Crippen LogP contribution is 2.32. The lowest BCUT2D eigenvalue weighted by molar-refractivity contribution is 0.419. The first-order chi connectivity index (χ1) is 11.2. The molecule has 0 saturated carbocycles. The zero-order valence-corrected chi connectivity index (χ0v) is 13.8. The van der Waals surface area contributed by atoms with Crippen LogP contribution in [0.4, 0.5) is 0 Å². The normalized spacial score (nSPS) is 13.7. The summed E-state index contributed by atoms with van der Waals surface area (Å²) >= 11 is 0. The Morgan fingerprint density at radius 1 is 0.870 bits per heavy atom. The van der Waals surface area contributed by atoms with Gasteiger partial charge in [0.1, 0.15) is 5.75 Å². The molecule has 0 radical (unpaired) electrons. The van der Waals surface area contributed by atoms with E-state index in [1.165, 1.54) is 16.5 Å². The van der Waals surface area contributed by atoms with Crippen LogP contribution >= 0.6 is 0 Å². The minimum absolute atomic E-state index is 0.231. The number of hydrogen-bond donors (Lipinski definition) is 1. The molecular formula is C20H22N2O. The maximum Gasteiger partial charge on any atom is 0.126 e. The Morgan fingerprint density at radius 3 is 2.26 bits per heavy atom. The molecule has 0 bridgehead atoms. The van der Waals surface area contributed by atoms with Gasteiger partial charge in [-0.3, -0.25) is 4.98 Å². The van der Waals surface area contributed by atoms with Gasteiger partial charge in [-0.25, -0.2) is 0 Å². The van der Waals surface area contributed by atoms with Crippen molar-refractivity contribution in [2.75, 3.05) is 7.11 Å². The SMILES string of the molecule is COc1ccc([C@H](C)N[C@H](C)c2ccncc2)c2ccccc12. The predicted octanol–water partition coefficient (Wildman–Crippen LogP) is 4.66. The highest BCUT2D eigenvalue weighted by molar-refractivity contribution is 5.91. The third kappa shape index (κ3) is 3.20. The molecule has 0 unspecified atom stereocenters. The Morgan fingerprint density at radius 2 is 1.57 bits per heavy atom. The smallest absolute Gasteiger partial charge is 0.126 e. The first-order valence-corrected chi connectivity index (χ1v) is 7.92. The average Bonchev–Trinajstić information content (AvgIpc) is 2.61. The van der Waals surface area contributed by atoms with Gasteiger partial charge >= 0.3 is 0 Å². The number of nitrogens with zero attached hydrogens (tertiary/aromatic N) is 1. The molecule has 1 heterocycles. The molecule has 3 aromatic rings. The van der Waals surface area contributed by atoms with Crippen molar-refractivity contribution in [2.24, 2.45) is 0 Å². The molecule has 118 valence electrons. The van der Waals surface area contributed by atoms with E-state index in [0.717, 1.165) is 11.1 Å². The Balaban J connectivity index is 1.91. The average molecular weight is 306 g/mol. The summed E-state index contributed by atoms with van der Waals surface area (Å²) in [4.78, 5) is 4.08. The summed E-state index contributed by atoms with van der Waals surface area (Å²) < 4.78 is 5.49. The van der Waals surface area contributed by atoms with Crippen molar-refractivity contribution in [3.63, 3.8) is 0 Å². The van der Waals surface area contributed by atoms with Crippen molar-refractivity contribution < 1.29 is 4.74 Å². The van der Waals surface area contributed by atoms with Gasteiger partial charge in [-0.1, -0.05) is 30.3 Å². The van der Waals surface area contributed by atoms with Gasteiger partial charge in [0, 0.05) is 29.9 Å². The molecule has 2 atom stereocenters. The summed E-state index contributed by atoms with van der Waals surface area (Å²) in [6.07, 6.45) is 3.67. The molecule has 0 aliphatic rings. The van der Waals surface area contributed by atoms with E-state index in [9.17, 15) is 0 Å². The van der Waals surface area contributed by atoms with Crippen molar-refractivity contribution in [2.45, 2.75) is 25.9 Å². The number of ether oxygens (including phenoxy) is 1. The van der Waals surface area contributed by atoms with Crippen LogP contribution in [0.2, 0.25) is 0 Å². The van der Waals surface area contributed by atoms with Crippen molar-refractivity contribution >= 4 is 10.8 Å². The second-order valence-electron chi connectivity index (χ2n) is 5.79. The number of hydrogen-bond acceptors (Lipinski definition) is 3. The quantitative estimate of drug-likeness (QED) is 0.744. The van der Waals surface area contributed by atoms with E-state index in [1.807, 2.05) is 24.5 Å². The zero-order chi connectivity index (χ0) is 16.2. The second kappa shape index (κ2) is 6.80. The van der Waals surface area contributed by atoms with Gasteiger partial charge in [-0.05, 0) is 48.6 Å². The van der Waals surface area contributed by atoms with Crippen LogP contribution in [-0.4, -0.2) is 12.1 Å². The van der Waals surface area contributed by atoms with Gasteiger partial charge in [0.2, 0.25) is 0 Å². The van der Waals surface area contributed by atoms with Crippen LogP contribution in [-0.2, 0) is 0 Å². The van der Waals surface area contributed by atoms with Gasteiger partial charge in [0.05, 0.1) is 7.11 Å². The maximum absolute atomic E-state index is 5.49. The first kappa shape index (κ1) is 15.5. The van der Waals surface area contributed by atoms with E-state index in [2.05, 4.69) is 60.5 Å². The third-order valence-corrected chi connectivity index (χ3v) is 4.31. The third-order valence-electron chi connectivity index (χ3n) is 4.31. The fraction of sp³-hybridized carbons (Fsp3) is 0.250. The summed E-state index contributed by atoms with van der Waals surface area (Å²) in [5, 5.41) is 6.05. The Hall–Kier alpha value is -2.39. The van der Waals surface area contributed by atoms with Gasteiger partial charge in [-0.2, -0.15) is 0 Å². The lowest BCUT2D eigenvalue weighted by Gasteiger charge is -2.22. The molecule has 23 heavy (non-hydrogen) atoms. The monoisotopic (exact) mass is 306 g/mol. The van der Waals surface area contributed by atoms with Crippen LogP contribution in [0.5, 0.6) is 5.75 Å². The summed E-state index contributed by atoms with van der Waals surface area (Å²) in [7, 11) is 1.72. The number of pyridine rings is 1. The molecule has 0 saturated heterocycles. The summed E-state index contributed by atoms with van der Waals surface area (Å²) in [6, 6.07) is 17.2. The lowest BCUT2D eigenvalue weighted by Crippen LogP contribution is -2.22. The predicted molar refractivity (Wildman–Crippen MR) is 94.7 cm³/mol. The van der Waals surface area contributed by atoms with E-state index < -0.39 is 0 Å². The number of methoxy groups -OCH3 is 1. The van der Waals surface area contributed by atoms with E-state index >= 15 is 0 Å². The van der Waals surface area contributed by atoms with Gasteiger partial charge in [-0.15, -0.1) is 0 Å². The molecule has 0 aliphatic carbocycles. The van der Waals surface area contributed by atoms with Crippen molar-refractivity contribution in [3.05, 3.63) is 72.1 Å². The lowest BCUT2D eigenvalue weighted by atomic mass is 9.98. The molecule has 3 heteroatoms. The highest BCUT2D eigenvalue weighted by Gasteiger charge is 2.14. The van der Waals surface area contributed by atoms with Crippen molar-refractivity contribution in [1.82, 2.24) is 10.3 Å². The van der Waals surface area contributed by atoms with Crippen LogP contribution in [0.15, 0.2) is 60.9 Å². The van der Waals surface area contributed by atoms with E-state index in [1.54, 1.807) is 7.11 Å². The molecule has 2 aromatic carbocycles. The largest absolute Gasteiger partial charge is 0.496 e. The molecule has 0 fully saturated rings. The van der Waals surface area contributed by atoms with Crippen LogP contribution in [0, 0.1) is 0 Å². The summed E-state index contributed by atoms with van der Waals surface area (Å²) in [5.41, 5.74) is 2.52. The minimum Gasteiger partial charge on any atom is -0.496 e.